The second-order valence-corrected chi connectivity index (χ2v) is 5.90. The minimum Gasteiger partial charge on any atom is -0.457 e. The van der Waals surface area contributed by atoms with Crippen LogP contribution in [0.4, 0.5) is 4.79 Å². The van der Waals surface area contributed by atoms with Gasteiger partial charge in [0.25, 0.3) is 0 Å². The van der Waals surface area contributed by atoms with Crippen molar-refractivity contribution in [2.45, 2.75) is 52.2 Å². The van der Waals surface area contributed by atoms with Gasteiger partial charge in [0.05, 0.1) is 13.2 Å². The molecule has 0 N–H and O–H groups in total. The van der Waals surface area contributed by atoms with E-state index in [0.717, 1.165) is 12.8 Å². The fraction of sp³-hybridized carbons (Fsp3) is 0.857. The summed E-state index contributed by atoms with van der Waals surface area (Å²) in [6, 6.07) is 0. The lowest BCUT2D eigenvalue weighted by Gasteiger charge is -2.33. The molecule has 0 aliphatic carbocycles. The van der Waals surface area contributed by atoms with Crippen LogP contribution in [0.15, 0.2) is 0 Å². The molecule has 1 saturated heterocycles. The van der Waals surface area contributed by atoms with Crippen molar-refractivity contribution in [2.24, 2.45) is 0 Å². The van der Waals surface area contributed by atoms with Crippen LogP contribution in [0.1, 0.15) is 40.5 Å². The summed E-state index contributed by atoms with van der Waals surface area (Å²) < 4.78 is 15.9. The molecule has 0 aromatic heterocycles. The lowest BCUT2D eigenvalue weighted by atomic mass is 10.2. The first-order valence-corrected chi connectivity index (χ1v) is 7.07. The molecule has 0 spiro atoms. The quantitative estimate of drug-likeness (QED) is 0.571. The molecule has 0 saturated carbocycles. The fourth-order valence-corrected chi connectivity index (χ4v) is 1.74. The van der Waals surface area contributed by atoms with Crippen molar-refractivity contribution in [1.29, 1.82) is 0 Å². The third-order valence-electron chi connectivity index (χ3n) is 2.64. The molecule has 1 aliphatic rings. The predicted octanol–water partition coefficient (Wildman–Crippen LogP) is 1.97. The third kappa shape index (κ3) is 6.23. The Morgan fingerprint density at radius 3 is 2.75 bits per heavy atom. The Balaban J connectivity index is 2.44. The first-order chi connectivity index (χ1) is 9.31. The third-order valence-corrected chi connectivity index (χ3v) is 2.64. The standard InChI is InChI=1S/C14H25NO5/c1-5-6-7-18-10-11-8-15(9-12(16)19-11)13(17)20-14(2,3)4/h11H,5-10H2,1-4H3/t11-/m1/s1. The highest BCUT2D eigenvalue weighted by Crippen LogP contribution is 2.14. The number of carbonyl (C=O) groups excluding carboxylic acids is 2. The summed E-state index contributed by atoms with van der Waals surface area (Å²) in [7, 11) is 0. The number of cyclic esters (lactones) is 1. The summed E-state index contributed by atoms with van der Waals surface area (Å²) in [4.78, 5) is 24.8. The van der Waals surface area contributed by atoms with Crippen molar-refractivity contribution in [1.82, 2.24) is 4.90 Å². The van der Waals surface area contributed by atoms with Gasteiger partial charge in [-0.25, -0.2) is 4.79 Å². The van der Waals surface area contributed by atoms with Crippen molar-refractivity contribution in [3.05, 3.63) is 0 Å². The Bertz CT molecular complexity index is 337. The van der Waals surface area contributed by atoms with Crippen LogP contribution < -0.4 is 0 Å². The average molecular weight is 287 g/mol. The highest BCUT2D eigenvalue weighted by Gasteiger charge is 2.32. The smallest absolute Gasteiger partial charge is 0.410 e. The first-order valence-electron chi connectivity index (χ1n) is 7.07. The molecule has 1 atom stereocenters. The minimum atomic E-state index is -0.578. The van der Waals surface area contributed by atoms with Crippen molar-refractivity contribution >= 4 is 12.1 Å². The van der Waals surface area contributed by atoms with Crippen molar-refractivity contribution in [3.8, 4) is 0 Å². The predicted molar refractivity (Wildman–Crippen MR) is 73.4 cm³/mol. The van der Waals surface area contributed by atoms with Gasteiger partial charge in [0.15, 0.2) is 0 Å². The summed E-state index contributed by atoms with van der Waals surface area (Å²) in [6.45, 7) is 8.64. The Morgan fingerprint density at radius 2 is 2.15 bits per heavy atom. The van der Waals surface area contributed by atoms with Gasteiger partial charge in [-0.05, 0) is 27.2 Å². The molecule has 0 aromatic rings. The highest BCUT2D eigenvalue weighted by molar-refractivity contribution is 5.79. The van der Waals surface area contributed by atoms with Gasteiger partial charge in [-0.1, -0.05) is 13.3 Å². The van der Waals surface area contributed by atoms with E-state index in [1.165, 1.54) is 4.90 Å². The van der Waals surface area contributed by atoms with Crippen LogP contribution in [0, 0.1) is 0 Å². The molecule has 1 amide bonds. The molecule has 116 valence electrons. The molecule has 20 heavy (non-hydrogen) atoms. The molecule has 1 fully saturated rings. The van der Waals surface area contributed by atoms with E-state index in [4.69, 9.17) is 14.2 Å². The van der Waals surface area contributed by atoms with Crippen LogP contribution in [-0.2, 0) is 19.0 Å². The number of ether oxygens (including phenoxy) is 3. The first kappa shape index (κ1) is 16.8. The van der Waals surface area contributed by atoms with Crippen LogP contribution >= 0.6 is 0 Å². The molecule has 0 aromatic carbocycles. The topological polar surface area (TPSA) is 65.1 Å². The second kappa shape index (κ2) is 7.47. The number of nitrogens with zero attached hydrogens (tertiary/aromatic N) is 1. The summed E-state index contributed by atoms with van der Waals surface area (Å²) in [5.41, 5.74) is -0.578. The summed E-state index contributed by atoms with van der Waals surface area (Å²) >= 11 is 0. The van der Waals surface area contributed by atoms with Gasteiger partial charge in [0, 0.05) is 6.61 Å². The maximum Gasteiger partial charge on any atom is 0.410 e. The highest BCUT2D eigenvalue weighted by atomic mass is 16.6. The van der Waals surface area contributed by atoms with Gasteiger partial charge < -0.3 is 14.2 Å². The van der Waals surface area contributed by atoms with E-state index in [1.807, 2.05) is 0 Å². The summed E-state index contributed by atoms with van der Waals surface area (Å²) in [6.07, 6.45) is 1.11. The normalized spacial score (nSPS) is 19.7. The van der Waals surface area contributed by atoms with E-state index in [1.54, 1.807) is 20.8 Å². The average Bonchev–Trinajstić information content (AvgIpc) is 2.32. The number of hydrogen-bond acceptors (Lipinski definition) is 5. The Morgan fingerprint density at radius 1 is 1.45 bits per heavy atom. The van der Waals surface area contributed by atoms with E-state index >= 15 is 0 Å². The largest absolute Gasteiger partial charge is 0.457 e. The molecule has 1 heterocycles. The zero-order valence-corrected chi connectivity index (χ0v) is 12.8. The minimum absolute atomic E-state index is 0.0691. The van der Waals surface area contributed by atoms with Crippen LogP contribution in [-0.4, -0.2) is 55.0 Å². The van der Waals surface area contributed by atoms with Crippen LogP contribution in [0.5, 0.6) is 0 Å². The maximum absolute atomic E-state index is 11.9. The van der Waals surface area contributed by atoms with Crippen molar-refractivity contribution in [2.75, 3.05) is 26.3 Å². The lowest BCUT2D eigenvalue weighted by Crippen LogP contribution is -2.51. The van der Waals surface area contributed by atoms with Crippen LogP contribution in [0.3, 0.4) is 0 Å². The van der Waals surface area contributed by atoms with Crippen molar-refractivity contribution < 1.29 is 23.8 Å². The Labute approximate surface area is 120 Å². The molecule has 0 unspecified atom stereocenters. The molecular formula is C14H25NO5. The van der Waals surface area contributed by atoms with Gasteiger partial charge in [0.2, 0.25) is 0 Å². The van der Waals surface area contributed by atoms with E-state index in [-0.39, 0.29) is 6.54 Å². The number of morpholine rings is 1. The molecule has 6 nitrogen and oxygen atoms in total. The van der Waals surface area contributed by atoms with Gasteiger partial charge in [-0.2, -0.15) is 0 Å². The Hall–Kier alpha value is -1.30. The van der Waals surface area contributed by atoms with Gasteiger partial charge in [-0.3, -0.25) is 9.69 Å². The molecule has 1 aliphatic heterocycles. The van der Waals surface area contributed by atoms with E-state index < -0.39 is 23.8 Å². The number of rotatable bonds is 5. The SMILES string of the molecule is CCCCOC[C@H]1CN(C(=O)OC(C)(C)C)CC(=O)O1. The molecule has 0 bridgehead atoms. The molecular weight excluding hydrogens is 262 g/mol. The number of hydrogen-bond donors (Lipinski definition) is 0. The molecule has 1 rings (SSSR count). The van der Waals surface area contributed by atoms with Crippen LogP contribution in [0.2, 0.25) is 0 Å². The number of esters is 1. The Kier molecular flexibility index (Phi) is 6.26. The van der Waals surface area contributed by atoms with E-state index in [2.05, 4.69) is 6.92 Å². The van der Waals surface area contributed by atoms with Crippen molar-refractivity contribution in [3.63, 3.8) is 0 Å². The fourth-order valence-electron chi connectivity index (χ4n) is 1.74. The number of carbonyl (C=O) groups is 2. The van der Waals surface area contributed by atoms with Crippen LogP contribution in [0.25, 0.3) is 0 Å². The second-order valence-electron chi connectivity index (χ2n) is 5.90. The van der Waals surface area contributed by atoms with Gasteiger partial charge in [0.1, 0.15) is 18.2 Å². The van der Waals surface area contributed by atoms with E-state index in [0.29, 0.717) is 19.8 Å². The zero-order valence-electron chi connectivity index (χ0n) is 12.8. The van der Waals surface area contributed by atoms with Gasteiger partial charge in [-0.15, -0.1) is 0 Å². The monoisotopic (exact) mass is 287 g/mol. The summed E-state index contributed by atoms with van der Waals surface area (Å²) in [5.74, 6) is -0.425. The molecule has 6 heteroatoms. The number of unbranched alkanes of at least 4 members (excludes halogenated alkanes) is 1. The maximum atomic E-state index is 11.9. The van der Waals surface area contributed by atoms with E-state index in [9.17, 15) is 9.59 Å². The lowest BCUT2D eigenvalue weighted by molar-refractivity contribution is -0.162. The van der Waals surface area contributed by atoms with Gasteiger partial charge >= 0.3 is 12.1 Å². The zero-order chi connectivity index (χ0) is 15.2. The summed E-state index contributed by atoms with van der Waals surface area (Å²) in [5, 5.41) is 0. The number of amides is 1. The molecule has 0 radical (unpaired) electrons.